The summed E-state index contributed by atoms with van der Waals surface area (Å²) in [6.45, 7) is 2.95. The van der Waals surface area contributed by atoms with E-state index in [4.69, 9.17) is 10.5 Å². The van der Waals surface area contributed by atoms with Gasteiger partial charge in [-0.25, -0.2) is 9.97 Å². The smallest absolute Gasteiger partial charge is 0.257 e. The largest absolute Gasteiger partial charge is 0.475 e. The highest BCUT2D eigenvalue weighted by atomic mass is 16.5. The van der Waals surface area contributed by atoms with Gasteiger partial charge in [0, 0.05) is 0 Å². The second kappa shape index (κ2) is 6.72. The maximum absolute atomic E-state index is 5.90. The van der Waals surface area contributed by atoms with Gasteiger partial charge >= 0.3 is 0 Å². The molecule has 0 radical (unpaired) electrons. The summed E-state index contributed by atoms with van der Waals surface area (Å²) in [6, 6.07) is 7.68. The first kappa shape index (κ1) is 14.1. The number of ether oxygens (including phenoxy) is 1. The Morgan fingerprint density at radius 2 is 2.05 bits per heavy atom. The maximum atomic E-state index is 5.90. The Balaban J connectivity index is 1.53. The molecule has 1 aliphatic rings. The third kappa shape index (κ3) is 3.61. The number of nitrogens with two attached hydrogens (primary N) is 1. The minimum absolute atomic E-state index is 0.369. The van der Waals surface area contributed by atoms with Gasteiger partial charge in [0.1, 0.15) is 0 Å². The van der Waals surface area contributed by atoms with Crippen LogP contribution in [0.4, 0.5) is 5.82 Å². The summed E-state index contributed by atoms with van der Waals surface area (Å²) < 4.78 is 5.72. The van der Waals surface area contributed by atoms with Crippen molar-refractivity contribution in [2.24, 2.45) is 5.92 Å². The van der Waals surface area contributed by atoms with Crippen molar-refractivity contribution in [3.8, 4) is 5.88 Å². The van der Waals surface area contributed by atoms with Gasteiger partial charge in [-0.2, -0.15) is 0 Å². The van der Waals surface area contributed by atoms with Crippen molar-refractivity contribution in [3.63, 3.8) is 0 Å². The van der Waals surface area contributed by atoms with Gasteiger partial charge in [-0.15, -0.1) is 0 Å². The van der Waals surface area contributed by atoms with E-state index in [1.165, 1.54) is 19.3 Å². The van der Waals surface area contributed by atoms with Crippen LogP contribution in [0, 0.1) is 5.92 Å². The first-order valence-corrected chi connectivity index (χ1v) is 7.69. The monoisotopic (exact) mass is 286 g/mol. The van der Waals surface area contributed by atoms with Gasteiger partial charge in [0.05, 0.1) is 17.6 Å². The van der Waals surface area contributed by atoms with Gasteiger partial charge in [0.2, 0.25) is 0 Å². The van der Waals surface area contributed by atoms with E-state index >= 15 is 0 Å². The quantitative estimate of drug-likeness (QED) is 0.826. The summed E-state index contributed by atoms with van der Waals surface area (Å²) in [5.41, 5.74) is 7.52. The molecule has 5 nitrogen and oxygen atoms in total. The summed E-state index contributed by atoms with van der Waals surface area (Å²) >= 11 is 0. The van der Waals surface area contributed by atoms with Crippen LogP contribution in [0.25, 0.3) is 11.0 Å². The molecule has 1 saturated heterocycles. The number of hydrogen-bond acceptors (Lipinski definition) is 5. The van der Waals surface area contributed by atoms with Crippen molar-refractivity contribution < 1.29 is 4.74 Å². The molecule has 3 N–H and O–H groups in total. The van der Waals surface area contributed by atoms with Crippen LogP contribution in [0.1, 0.15) is 25.7 Å². The minimum Gasteiger partial charge on any atom is -0.475 e. The third-order valence-corrected chi connectivity index (χ3v) is 3.96. The SMILES string of the molecule is Nc1nc2ccccc2nc1OCCCC1CCCNC1. The molecule has 0 aliphatic carbocycles. The number of hydrogen-bond donors (Lipinski definition) is 2. The minimum atomic E-state index is 0.369. The van der Waals surface area contributed by atoms with Gasteiger partial charge in [0.15, 0.2) is 5.82 Å². The van der Waals surface area contributed by atoms with Crippen LogP contribution in [-0.2, 0) is 0 Å². The zero-order valence-electron chi connectivity index (χ0n) is 12.2. The average Bonchev–Trinajstić information content (AvgIpc) is 2.53. The highest BCUT2D eigenvalue weighted by molar-refractivity contribution is 5.76. The van der Waals surface area contributed by atoms with Crippen LogP contribution in [0.15, 0.2) is 24.3 Å². The number of benzene rings is 1. The Bertz CT molecular complexity index is 596. The molecular formula is C16H22N4O. The average molecular weight is 286 g/mol. The highest BCUT2D eigenvalue weighted by Crippen LogP contribution is 2.21. The Morgan fingerprint density at radius 1 is 1.24 bits per heavy atom. The van der Waals surface area contributed by atoms with Gasteiger partial charge < -0.3 is 15.8 Å². The maximum Gasteiger partial charge on any atom is 0.257 e. The fourth-order valence-corrected chi connectivity index (χ4v) is 2.81. The van der Waals surface area contributed by atoms with Crippen LogP contribution in [0.2, 0.25) is 0 Å². The van der Waals surface area contributed by atoms with Gasteiger partial charge in [-0.1, -0.05) is 12.1 Å². The molecule has 2 heterocycles. The summed E-state index contributed by atoms with van der Waals surface area (Å²) in [7, 11) is 0. The van der Waals surface area contributed by atoms with E-state index < -0.39 is 0 Å². The zero-order valence-corrected chi connectivity index (χ0v) is 12.2. The highest BCUT2D eigenvalue weighted by Gasteiger charge is 2.13. The van der Waals surface area contributed by atoms with Crippen molar-refractivity contribution in [2.75, 3.05) is 25.4 Å². The third-order valence-electron chi connectivity index (χ3n) is 3.96. The molecule has 1 aromatic heterocycles. The Morgan fingerprint density at radius 3 is 2.81 bits per heavy atom. The van der Waals surface area contributed by atoms with E-state index in [9.17, 15) is 0 Å². The summed E-state index contributed by atoms with van der Waals surface area (Å²) in [5.74, 6) is 1.60. The van der Waals surface area contributed by atoms with E-state index in [1.807, 2.05) is 24.3 Å². The standard InChI is InChI=1S/C16H22N4O/c17-15-16(20-14-8-2-1-7-13(14)19-15)21-10-4-6-12-5-3-9-18-11-12/h1-2,7-8,12,18H,3-6,9-11H2,(H2,17,19). The normalized spacial score (nSPS) is 18.8. The molecule has 0 amide bonds. The zero-order chi connectivity index (χ0) is 14.5. The van der Waals surface area contributed by atoms with Crippen molar-refractivity contribution in [1.29, 1.82) is 0 Å². The fourth-order valence-electron chi connectivity index (χ4n) is 2.81. The summed E-state index contributed by atoms with van der Waals surface area (Å²) in [4.78, 5) is 8.76. The lowest BCUT2D eigenvalue weighted by molar-refractivity contribution is 0.269. The van der Waals surface area contributed by atoms with E-state index in [0.717, 1.165) is 36.5 Å². The topological polar surface area (TPSA) is 73.1 Å². The molecule has 21 heavy (non-hydrogen) atoms. The fraction of sp³-hybridized carbons (Fsp3) is 0.500. The van der Waals surface area contributed by atoms with Crippen molar-refractivity contribution >= 4 is 16.9 Å². The van der Waals surface area contributed by atoms with Crippen molar-refractivity contribution in [3.05, 3.63) is 24.3 Å². The predicted octanol–water partition coefficient (Wildman–Crippen LogP) is 2.37. The molecule has 5 heteroatoms. The number of anilines is 1. The van der Waals surface area contributed by atoms with Crippen molar-refractivity contribution in [2.45, 2.75) is 25.7 Å². The van der Waals surface area contributed by atoms with Crippen LogP contribution < -0.4 is 15.8 Å². The van der Waals surface area contributed by atoms with Crippen LogP contribution >= 0.6 is 0 Å². The predicted molar refractivity (Wildman–Crippen MR) is 84.3 cm³/mol. The number of nitrogen functional groups attached to an aromatic ring is 1. The van der Waals surface area contributed by atoms with Gasteiger partial charge in [0.25, 0.3) is 5.88 Å². The molecule has 112 valence electrons. The first-order chi connectivity index (χ1) is 10.3. The Hall–Kier alpha value is -1.88. The van der Waals surface area contributed by atoms with Crippen molar-refractivity contribution in [1.82, 2.24) is 15.3 Å². The molecule has 1 fully saturated rings. The second-order valence-electron chi connectivity index (χ2n) is 5.61. The molecule has 1 unspecified atom stereocenters. The van der Waals surface area contributed by atoms with E-state index in [2.05, 4.69) is 15.3 Å². The lowest BCUT2D eigenvalue weighted by Crippen LogP contribution is -2.29. The number of aromatic nitrogens is 2. The van der Waals surface area contributed by atoms with E-state index in [0.29, 0.717) is 18.3 Å². The Labute approximate surface area is 124 Å². The molecule has 1 atom stereocenters. The van der Waals surface area contributed by atoms with E-state index in [-0.39, 0.29) is 0 Å². The molecule has 2 aromatic rings. The molecule has 0 spiro atoms. The lowest BCUT2D eigenvalue weighted by Gasteiger charge is -2.22. The molecule has 1 aromatic carbocycles. The second-order valence-corrected chi connectivity index (χ2v) is 5.61. The number of para-hydroxylation sites is 2. The number of rotatable bonds is 5. The van der Waals surface area contributed by atoms with E-state index in [1.54, 1.807) is 0 Å². The van der Waals surface area contributed by atoms with Crippen LogP contribution in [0.3, 0.4) is 0 Å². The number of nitrogens with zero attached hydrogens (tertiary/aromatic N) is 2. The van der Waals surface area contributed by atoms with Crippen LogP contribution in [-0.4, -0.2) is 29.7 Å². The molecule has 0 saturated carbocycles. The molecule has 1 aliphatic heterocycles. The van der Waals surface area contributed by atoms with Gasteiger partial charge in [-0.3, -0.25) is 0 Å². The van der Waals surface area contributed by atoms with Crippen LogP contribution in [0.5, 0.6) is 5.88 Å². The molecule has 3 rings (SSSR count). The summed E-state index contributed by atoms with van der Waals surface area (Å²) in [6.07, 6.45) is 4.83. The number of nitrogens with one attached hydrogen (secondary N) is 1. The number of fused-ring (bicyclic) bond motifs is 1. The number of piperidine rings is 1. The first-order valence-electron chi connectivity index (χ1n) is 7.69. The molecular weight excluding hydrogens is 264 g/mol. The summed E-state index contributed by atoms with van der Waals surface area (Å²) in [5, 5.41) is 3.44. The Kier molecular flexibility index (Phi) is 4.50. The lowest BCUT2D eigenvalue weighted by atomic mass is 9.95. The van der Waals surface area contributed by atoms with Gasteiger partial charge in [-0.05, 0) is 56.8 Å². The molecule has 0 bridgehead atoms.